The second-order valence-electron chi connectivity index (χ2n) is 6.11. The third kappa shape index (κ3) is 3.65. The van der Waals surface area contributed by atoms with Gasteiger partial charge in [0.15, 0.2) is 6.61 Å². The number of hydrogen-bond donors (Lipinski definition) is 1. The summed E-state index contributed by atoms with van der Waals surface area (Å²) in [6.45, 7) is 4.29. The third-order valence-corrected chi connectivity index (χ3v) is 4.28. The first-order chi connectivity index (χ1) is 12.1. The van der Waals surface area contributed by atoms with Gasteiger partial charge in [0.2, 0.25) is 5.91 Å². The molecule has 1 aliphatic rings. The van der Waals surface area contributed by atoms with E-state index in [1.54, 1.807) is 4.90 Å². The molecule has 1 aliphatic heterocycles. The fourth-order valence-electron chi connectivity index (χ4n) is 3.05. The van der Waals surface area contributed by atoms with Crippen molar-refractivity contribution in [1.82, 2.24) is 5.32 Å². The molecular formula is C20H22N2O3. The van der Waals surface area contributed by atoms with Crippen LogP contribution in [0.1, 0.15) is 18.1 Å². The monoisotopic (exact) mass is 338 g/mol. The molecule has 130 valence electrons. The highest BCUT2D eigenvalue weighted by Crippen LogP contribution is 2.32. The van der Waals surface area contributed by atoms with Gasteiger partial charge in [-0.3, -0.25) is 14.5 Å². The van der Waals surface area contributed by atoms with Crippen LogP contribution in [0.5, 0.6) is 5.75 Å². The molecule has 1 atom stereocenters. The van der Waals surface area contributed by atoms with Crippen LogP contribution in [0, 0.1) is 6.92 Å². The van der Waals surface area contributed by atoms with E-state index in [0.717, 1.165) is 16.8 Å². The van der Waals surface area contributed by atoms with Crippen molar-refractivity contribution in [2.24, 2.45) is 0 Å². The van der Waals surface area contributed by atoms with Gasteiger partial charge in [-0.25, -0.2) is 0 Å². The molecule has 25 heavy (non-hydrogen) atoms. The van der Waals surface area contributed by atoms with Gasteiger partial charge in [-0.1, -0.05) is 35.9 Å². The van der Waals surface area contributed by atoms with E-state index in [9.17, 15) is 9.59 Å². The minimum Gasteiger partial charge on any atom is -0.484 e. The van der Waals surface area contributed by atoms with Crippen LogP contribution in [0.15, 0.2) is 48.5 Å². The van der Waals surface area contributed by atoms with Gasteiger partial charge in [-0.15, -0.1) is 0 Å². The molecule has 1 heterocycles. The molecule has 3 rings (SSSR count). The number of para-hydroxylation sites is 1. The van der Waals surface area contributed by atoms with Crippen LogP contribution in [-0.4, -0.2) is 31.0 Å². The highest BCUT2D eigenvalue weighted by Gasteiger charge is 2.37. The predicted molar refractivity (Wildman–Crippen MR) is 96.8 cm³/mol. The summed E-state index contributed by atoms with van der Waals surface area (Å²) in [6.07, 6.45) is 0.526. The number of ether oxygens (including phenoxy) is 1. The number of hydrogen-bond acceptors (Lipinski definition) is 3. The SMILES string of the molecule is CCNC(=O)C1Cc2ccccc2N1C(=O)COc1ccc(C)cc1. The summed E-state index contributed by atoms with van der Waals surface area (Å²) in [5.74, 6) is 0.283. The number of rotatable bonds is 5. The number of benzene rings is 2. The zero-order valence-corrected chi connectivity index (χ0v) is 14.5. The summed E-state index contributed by atoms with van der Waals surface area (Å²) in [6, 6.07) is 14.6. The lowest BCUT2D eigenvalue weighted by atomic mass is 10.1. The Balaban J connectivity index is 1.77. The minimum absolute atomic E-state index is 0.104. The predicted octanol–water partition coefficient (Wildman–Crippen LogP) is 2.47. The molecule has 0 spiro atoms. The quantitative estimate of drug-likeness (QED) is 0.911. The van der Waals surface area contributed by atoms with Crippen LogP contribution >= 0.6 is 0 Å². The Hall–Kier alpha value is -2.82. The number of aryl methyl sites for hydroxylation is 1. The van der Waals surface area contributed by atoms with Crippen molar-refractivity contribution in [3.8, 4) is 5.75 Å². The number of carbonyl (C=O) groups is 2. The Morgan fingerprint density at radius 1 is 1.16 bits per heavy atom. The fourth-order valence-corrected chi connectivity index (χ4v) is 3.05. The van der Waals surface area contributed by atoms with Crippen molar-refractivity contribution in [1.29, 1.82) is 0 Å². The molecule has 0 aromatic heterocycles. The first-order valence-electron chi connectivity index (χ1n) is 8.47. The molecule has 1 N–H and O–H groups in total. The molecule has 1 unspecified atom stereocenters. The Labute approximate surface area is 147 Å². The normalized spacial score (nSPS) is 15.6. The summed E-state index contributed by atoms with van der Waals surface area (Å²) in [4.78, 5) is 26.7. The second-order valence-corrected chi connectivity index (χ2v) is 6.11. The number of amides is 2. The van der Waals surface area contributed by atoms with Gasteiger partial charge >= 0.3 is 0 Å². The smallest absolute Gasteiger partial charge is 0.265 e. The highest BCUT2D eigenvalue weighted by molar-refractivity contribution is 6.04. The largest absolute Gasteiger partial charge is 0.484 e. The van der Waals surface area contributed by atoms with Crippen molar-refractivity contribution in [3.05, 3.63) is 59.7 Å². The molecule has 0 saturated heterocycles. The number of fused-ring (bicyclic) bond motifs is 1. The summed E-state index contributed by atoms with van der Waals surface area (Å²) < 4.78 is 5.62. The van der Waals surface area contributed by atoms with E-state index < -0.39 is 6.04 Å². The second kappa shape index (κ2) is 7.38. The summed E-state index contributed by atoms with van der Waals surface area (Å²) in [5.41, 5.74) is 2.92. The standard InChI is InChI=1S/C20H22N2O3/c1-3-21-20(24)18-12-15-6-4-5-7-17(15)22(18)19(23)13-25-16-10-8-14(2)9-11-16/h4-11,18H,3,12-13H2,1-2H3,(H,21,24). The number of nitrogens with zero attached hydrogens (tertiary/aromatic N) is 1. The van der Waals surface area contributed by atoms with E-state index in [2.05, 4.69) is 5.32 Å². The van der Waals surface area contributed by atoms with E-state index >= 15 is 0 Å². The van der Waals surface area contributed by atoms with Gasteiger partial charge < -0.3 is 10.1 Å². The number of likely N-dealkylation sites (N-methyl/N-ethyl adjacent to an activating group) is 1. The molecule has 0 fully saturated rings. The van der Waals surface area contributed by atoms with Gasteiger partial charge in [-0.05, 0) is 37.6 Å². The number of nitrogens with one attached hydrogen (secondary N) is 1. The molecule has 0 saturated carbocycles. The van der Waals surface area contributed by atoms with Gasteiger partial charge in [0.25, 0.3) is 5.91 Å². The zero-order chi connectivity index (χ0) is 17.8. The van der Waals surface area contributed by atoms with E-state index in [0.29, 0.717) is 18.7 Å². The molecule has 0 bridgehead atoms. The Bertz CT molecular complexity index is 771. The lowest BCUT2D eigenvalue weighted by Crippen LogP contribution is -2.49. The third-order valence-electron chi connectivity index (χ3n) is 4.28. The van der Waals surface area contributed by atoms with Crippen molar-refractivity contribution in [3.63, 3.8) is 0 Å². The van der Waals surface area contributed by atoms with Crippen LogP contribution < -0.4 is 15.0 Å². The molecule has 0 radical (unpaired) electrons. The Kier molecular flexibility index (Phi) is 5.03. The lowest BCUT2D eigenvalue weighted by Gasteiger charge is -2.24. The van der Waals surface area contributed by atoms with Crippen molar-refractivity contribution in [2.45, 2.75) is 26.3 Å². The van der Waals surface area contributed by atoms with Crippen LogP contribution in [-0.2, 0) is 16.0 Å². The van der Waals surface area contributed by atoms with Crippen LogP contribution in [0.3, 0.4) is 0 Å². The number of carbonyl (C=O) groups excluding carboxylic acids is 2. The van der Waals surface area contributed by atoms with Crippen LogP contribution in [0.2, 0.25) is 0 Å². The van der Waals surface area contributed by atoms with Gasteiger partial charge in [-0.2, -0.15) is 0 Å². The molecule has 2 aromatic carbocycles. The maximum absolute atomic E-state index is 12.8. The fraction of sp³-hybridized carbons (Fsp3) is 0.300. The Morgan fingerprint density at radius 3 is 2.60 bits per heavy atom. The first kappa shape index (κ1) is 17.0. The zero-order valence-electron chi connectivity index (χ0n) is 14.5. The summed E-state index contributed by atoms with van der Waals surface area (Å²) >= 11 is 0. The van der Waals surface area contributed by atoms with Crippen molar-refractivity contribution >= 4 is 17.5 Å². The number of anilines is 1. The van der Waals surface area contributed by atoms with Gasteiger partial charge in [0.05, 0.1) is 0 Å². The van der Waals surface area contributed by atoms with Gasteiger partial charge in [0, 0.05) is 18.7 Å². The maximum Gasteiger partial charge on any atom is 0.265 e. The molecule has 2 aromatic rings. The van der Waals surface area contributed by atoms with Crippen molar-refractivity contribution in [2.75, 3.05) is 18.1 Å². The molecule has 5 nitrogen and oxygen atoms in total. The average molecular weight is 338 g/mol. The summed E-state index contributed by atoms with van der Waals surface area (Å²) in [5, 5.41) is 2.81. The van der Waals surface area contributed by atoms with E-state index in [1.165, 1.54) is 0 Å². The van der Waals surface area contributed by atoms with E-state index in [1.807, 2.05) is 62.4 Å². The van der Waals surface area contributed by atoms with Crippen LogP contribution in [0.25, 0.3) is 0 Å². The Morgan fingerprint density at radius 2 is 1.88 bits per heavy atom. The lowest BCUT2D eigenvalue weighted by molar-refractivity contribution is -0.126. The van der Waals surface area contributed by atoms with Crippen LogP contribution in [0.4, 0.5) is 5.69 Å². The first-order valence-corrected chi connectivity index (χ1v) is 8.47. The summed E-state index contributed by atoms with van der Waals surface area (Å²) in [7, 11) is 0. The van der Waals surface area contributed by atoms with E-state index in [4.69, 9.17) is 4.74 Å². The highest BCUT2D eigenvalue weighted by atomic mass is 16.5. The molecule has 2 amide bonds. The topological polar surface area (TPSA) is 58.6 Å². The van der Waals surface area contributed by atoms with E-state index in [-0.39, 0.29) is 18.4 Å². The molecule has 5 heteroatoms. The van der Waals surface area contributed by atoms with Gasteiger partial charge in [0.1, 0.15) is 11.8 Å². The molecular weight excluding hydrogens is 316 g/mol. The minimum atomic E-state index is -0.522. The maximum atomic E-state index is 12.8. The average Bonchev–Trinajstić information content (AvgIpc) is 3.01. The van der Waals surface area contributed by atoms with Crippen molar-refractivity contribution < 1.29 is 14.3 Å². The molecule has 0 aliphatic carbocycles.